The van der Waals surface area contributed by atoms with Crippen molar-refractivity contribution in [3.8, 4) is 5.75 Å². The molecular formula is C20H30N2O3. The number of ether oxygens (including phenoxy) is 1. The maximum absolute atomic E-state index is 13.0. The van der Waals surface area contributed by atoms with Gasteiger partial charge in [-0.1, -0.05) is 13.3 Å². The first kappa shape index (κ1) is 19.3. The summed E-state index contributed by atoms with van der Waals surface area (Å²) in [5, 5.41) is 0. The average Bonchev–Trinajstić information content (AvgIpc) is 2.62. The second-order valence-electron chi connectivity index (χ2n) is 6.80. The van der Waals surface area contributed by atoms with Crippen LogP contribution in [0, 0.1) is 20.8 Å². The largest absolute Gasteiger partial charge is 0.496 e. The highest BCUT2D eigenvalue weighted by Gasteiger charge is 2.26. The van der Waals surface area contributed by atoms with Crippen LogP contribution in [0.5, 0.6) is 5.75 Å². The average molecular weight is 346 g/mol. The summed E-state index contributed by atoms with van der Waals surface area (Å²) >= 11 is 0. The second-order valence-corrected chi connectivity index (χ2v) is 6.80. The first-order chi connectivity index (χ1) is 11.9. The van der Waals surface area contributed by atoms with Crippen LogP contribution in [-0.2, 0) is 4.79 Å². The summed E-state index contributed by atoms with van der Waals surface area (Å²) in [4.78, 5) is 28.8. The molecule has 2 amide bonds. The standard InChI is InChI=1S/C20H30N2O3/c1-6-7-8-18(23)21-9-11-22(12-10-21)20(24)17-13-14(2)19(25-5)16(4)15(17)3/h13H,6-12H2,1-5H3. The number of piperazine rings is 1. The summed E-state index contributed by atoms with van der Waals surface area (Å²) in [5.41, 5.74) is 3.69. The molecule has 0 bridgehead atoms. The Morgan fingerprint density at radius 3 is 2.20 bits per heavy atom. The van der Waals surface area contributed by atoms with Gasteiger partial charge in [0.15, 0.2) is 0 Å². The van der Waals surface area contributed by atoms with Gasteiger partial charge in [-0.05, 0) is 49.9 Å². The molecule has 25 heavy (non-hydrogen) atoms. The minimum atomic E-state index is 0.0482. The van der Waals surface area contributed by atoms with E-state index < -0.39 is 0 Å². The van der Waals surface area contributed by atoms with Crippen LogP contribution in [0.3, 0.4) is 0 Å². The van der Waals surface area contributed by atoms with Crippen LogP contribution in [0.2, 0.25) is 0 Å². The highest BCUT2D eigenvalue weighted by atomic mass is 16.5. The molecule has 1 heterocycles. The van der Waals surface area contributed by atoms with Gasteiger partial charge in [0, 0.05) is 38.2 Å². The minimum Gasteiger partial charge on any atom is -0.496 e. The predicted octanol–water partition coefficient (Wildman–Crippen LogP) is 3.10. The maximum atomic E-state index is 13.0. The van der Waals surface area contributed by atoms with Gasteiger partial charge in [0.1, 0.15) is 5.75 Å². The molecule has 1 fully saturated rings. The zero-order valence-corrected chi connectivity index (χ0v) is 16.1. The molecule has 0 aliphatic carbocycles. The molecule has 0 spiro atoms. The molecule has 0 saturated carbocycles. The third kappa shape index (κ3) is 4.14. The summed E-state index contributed by atoms with van der Waals surface area (Å²) in [7, 11) is 1.66. The molecular weight excluding hydrogens is 316 g/mol. The number of hydrogen-bond donors (Lipinski definition) is 0. The smallest absolute Gasteiger partial charge is 0.254 e. The molecule has 0 unspecified atom stereocenters. The van der Waals surface area contributed by atoms with Gasteiger partial charge >= 0.3 is 0 Å². The number of unbranched alkanes of at least 4 members (excludes halogenated alkanes) is 1. The fraction of sp³-hybridized carbons (Fsp3) is 0.600. The third-order valence-electron chi connectivity index (χ3n) is 5.12. The number of carbonyl (C=O) groups excluding carboxylic acids is 2. The molecule has 1 aromatic rings. The van der Waals surface area contributed by atoms with E-state index in [0.29, 0.717) is 32.6 Å². The van der Waals surface area contributed by atoms with Crippen LogP contribution in [0.15, 0.2) is 6.07 Å². The van der Waals surface area contributed by atoms with Crippen LogP contribution in [-0.4, -0.2) is 54.9 Å². The Morgan fingerprint density at radius 2 is 1.64 bits per heavy atom. The van der Waals surface area contributed by atoms with Crippen molar-refractivity contribution in [2.24, 2.45) is 0 Å². The van der Waals surface area contributed by atoms with Gasteiger partial charge in [-0.25, -0.2) is 0 Å². The Balaban J connectivity index is 2.07. The number of nitrogens with zero attached hydrogens (tertiary/aromatic N) is 2. The fourth-order valence-electron chi connectivity index (χ4n) is 3.41. The van der Waals surface area contributed by atoms with Gasteiger partial charge in [-0.2, -0.15) is 0 Å². The summed E-state index contributed by atoms with van der Waals surface area (Å²) in [6.07, 6.45) is 2.57. The Bertz CT molecular complexity index is 647. The molecule has 5 nitrogen and oxygen atoms in total. The Labute approximate surface area is 150 Å². The molecule has 0 N–H and O–H groups in total. The first-order valence-electron chi connectivity index (χ1n) is 9.12. The summed E-state index contributed by atoms with van der Waals surface area (Å²) in [5.74, 6) is 1.11. The molecule has 0 atom stereocenters. The molecule has 138 valence electrons. The van der Waals surface area contributed by atoms with E-state index >= 15 is 0 Å². The zero-order valence-electron chi connectivity index (χ0n) is 16.1. The van der Waals surface area contributed by atoms with E-state index in [1.807, 2.05) is 36.6 Å². The second kappa shape index (κ2) is 8.37. The number of carbonyl (C=O) groups is 2. The van der Waals surface area contributed by atoms with Crippen LogP contribution in [0.4, 0.5) is 0 Å². The number of hydrogen-bond acceptors (Lipinski definition) is 3. The zero-order chi connectivity index (χ0) is 18.6. The fourth-order valence-corrected chi connectivity index (χ4v) is 3.41. The monoisotopic (exact) mass is 346 g/mol. The van der Waals surface area contributed by atoms with Crippen LogP contribution < -0.4 is 4.74 Å². The lowest BCUT2D eigenvalue weighted by Gasteiger charge is -2.35. The molecule has 1 aromatic carbocycles. The Hall–Kier alpha value is -2.04. The number of rotatable bonds is 5. The summed E-state index contributed by atoms with van der Waals surface area (Å²) < 4.78 is 5.44. The van der Waals surface area contributed by atoms with E-state index in [4.69, 9.17) is 4.74 Å². The highest BCUT2D eigenvalue weighted by molar-refractivity contribution is 5.96. The molecule has 0 radical (unpaired) electrons. The van der Waals surface area contributed by atoms with Gasteiger partial charge in [0.25, 0.3) is 5.91 Å². The lowest BCUT2D eigenvalue weighted by atomic mass is 9.97. The van der Waals surface area contributed by atoms with Gasteiger partial charge in [-0.3, -0.25) is 9.59 Å². The van der Waals surface area contributed by atoms with E-state index in [2.05, 4.69) is 6.92 Å². The van der Waals surface area contributed by atoms with Gasteiger partial charge in [0.05, 0.1) is 7.11 Å². The molecule has 1 aliphatic rings. The Morgan fingerprint density at radius 1 is 1.04 bits per heavy atom. The topological polar surface area (TPSA) is 49.9 Å². The van der Waals surface area contributed by atoms with E-state index in [9.17, 15) is 9.59 Å². The van der Waals surface area contributed by atoms with Crippen LogP contribution in [0.25, 0.3) is 0 Å². The Kier molecular flexibility index (Phi) is 6.45. The van der Waals surface area contributed by atoms with Crippen molar-refractivity contribution in [3.63, 3.8) is 0 Å². The van der Waals surface area contributed by atoms with Crippen molar-refractivity contribution < 1.29 is 14.3 Å². The van der Waals surface area contributed by atoms with Gasteiger partial charge < -0.3 is 14.5 Å². The number of benzene rings is 1. The highest BCUT2D eigenvalue weighted by Crippen LogP contribution is 2.29. The van der Waals surface area contributed by atoms with Crippen molar-refractivity contribution in [2.75, 3.05) is 33.3 Å². The molecule has 0 aromatic heterocycles. The maximum Gasteiger partial charge on any atom is 0.254 e. The molecule has 1 aliphatic heterocycles. The number of methoxy groups -OCH3 is 1. The van der Waals surface area contributed by atoms with Crippen LogP contribution in [0.1, 0.15) is 53.2 Å². The lowest BCUT2D eigenvalue weighted by molar-refractivity contribution is -0.132. The van der Waals surface area contributed by atoms with Gasteiger partial charge in [-0.15, -0.1) is 0 Å². The number of aryl methyl sites for hydroxylation is 1. The van der Waals surface area contributed by atoms with Crippen molar-refractivity contribution in [3.05, 3.63) is 28.3 Å². The van der Waals surface area contributed by atoms with Crippen molar-refractivity contribution in [1.82, 2.24) is 9.80 Å². The first-order valence-corrected chi connectivity index (χ1v) is 9.12. The van der Waals surface area contributed by atoms with Crippen molar-refractivity contribution >= 4 is 11.8 Å². The van der Waals surface area contributed by atoms with E-state index in [-0.39, 0.29) is 11.8 Å². The SMILES string of the molecule is CCCCC(=O)N1CCN(C(=O)c2cc(C)c(OC)c(C)c2C)CC1. The third-order valence-corrected chi connectivity index (χ3v) is 5.12. The van der Waals surface area contributed by atoms with E-state index in [0.717, 1.165) is 40.8 Å². The normalized spacial score (nSPS) is 14.6. The van der Waals surface area contributed by atoms with Gasteiger partial charge in [0.2, 0.25) is 5.91 Å². The van der Waals surface area contributed by atoms with Crippen molar-refractivity contribution in [2.45, 2.75) is 47.0 Å². The molecule has 5 heteroatoms. The molecule has 2 rings (SSSR count). The summed E-state index contributed by atoms with van der Waals surface area (Å²) in [6, 6.07) is 1.92. The van der Waals surface area contributed by atoms with E-state index in [1.165, 1.54) is 0 Å². The number of amides is 2. The van der Waals surface area contributed by atoms with Crippen LogP contribution >= 0.6 is 0 Å². The molecule has 1 saturated heterocycles. The predicted molar refractivity (Wildman–Crippen MR) is 99.2 cm³/mol. The quantitative estimate of drug-likeness (QED) is 0.823. The lowest BCUT2D eigenvalue weighted by Crippen LogP contribution is -2.50. The minimum absolute atomic E-state index is 0.0482. The van der Waals surface area contributed by atoms with Crippen molar-refractivity contribution in [1.29, 1.82) is 0 Å². The van der Waals surface area contributed by atoms with E-state index in [1.54, 1.807) is 7.11 Å². The summed E-state index contributed by atoms with van der Waals surface area (Å²) in [6.45, 7) is 10.5.